The van der Waals surface area contributed by atoms with E-state index in [4.69, 9.17) is 0 Å². The largest absolute Gasteiger partial charge is 0.396 e. The lowest BCUT2D eigenvalue weighted by Crippen LogP contribution is -2.50. The van der Waals surface area contributed by atoms with E-state index in [9.17, 15) is 9.90 Å². The van der Waals surface area contributed by atoms with Gasteiger partial charge in [0.15, 0.2) is 5.78 Å². The Morgan fingerprint density at radius 2 is 2.00 bits per heavy atom. The molecule has 2 nitrogen and oxygen atoms in total. The molecular formula is C22H32O2. The number of hydrogen-bond acceptors (Lipinski definition) is 2. The van der Waals surface area contributed by atoms with Gasteiger partial charge >= 0.3 is 0 Å². The molecule has 0 aromatic rings. The predicted molar refractivity (Wildman–Crippen MR) is 96.4 cm³/mol. The summed E-state index contributed by atoms with van der Waals surface area (Å²) in [6, 6.07) is 0. The molecule has 0 spiro atoms. The predicted octanol–water partition coefficient (Wildman–Crippen LogP) is 4.54. The van der Waals surface area contributed by atoms with Gasteiger partial charge < -0.3 is 5.11 Å². The van der Waals surface area contributed by atoms with Crippen LogP contribution in [0.2, 0.25) is 0 Å². The minimum absolute atomic E-state index is 0.110. The minimum atomic E-state index is 0.110. The summed E-state index contributed by atoms with van der Waals surface area (Å²) < 4.78 is 0. The number of aliphatic hydroxyl groups is 1. The molecule has 132 valence electrons. The van der Waals surface area contributed by atoms with Crippen LogP contribution >= 0.6 is 0 Å². The molecule has 2 heteroatoms. The van der Waals surface area contributed by atoms with Crippen LogP contribution in [0.5, 0.6) is 0 Å². The van der Waals surface area contributed by atoms with Crippen molar-refractivity contribution in [1.82, 2.24) is 0 Å². The van der Waals surface area contributed by atoms with Gasteiger partial charge in [-0.25, -0.2) is 0 Å². The maximum atomic E-state index is 11.8. The Hall–Kier alpha value is -0.890. The fourth-order valence-electron chi connectivity index (χ4n) is 7.30. The topological polar surface area (TPSA) is 37.3 Å². The number of allylic oxidation sites excluding steroid dienone is 4. The number of fused-ring (bicyclic) bond motifs is 5. The van der Waals surface area contributed by atoms with Crippen LogP contribution in [0.1, 0.15) is 59.3 Å². The van der Waals surface area contributed by atoms with Gasteiger partial charge in [0, 0.05) is 12.0 Å². The van der Waals surface area contributed by atoms with Gasteiger partial charge in [-0.1, -0.05) is 32.4 Å². The first-order valence-electron chi connectivity index (χ1n) is 9.95. The van der Waals surface area contributed by atoms with E-state index in [-0.39, 0.29) is 11.2 Å². The molecule has 1 N–H and O–H groups in total. The van der Waals surface area contributed by atoms with Crippen LogP contribution in [-0.2, 0) is 4.79 Å². The first kappa shape index (κ1) is 16.6. The summed E-state index contributed by atoms with van der Waals surface area (Å²) in [4.78, 5) is 11.8. The number of carbonyl (C=O) groups excluding carboxylic acids is 1. The van der Waals surface area contributed by atoms with Crippen molar-refractivity contribution in [2.45, 2.75) is 59.3 Å². The summed E-state index contributed by atoms with van der Waals surface area (Å²) in [6.45, 7) is 7.47. The van der Waals surface area contributed by atoms with Crippen molar-refractivity contribution in [2.75, 3.05) is 6.61 Å². The Bertz CT molecular complexity index is 603. The van der Waals surface area contributed by atoms with Crippen molar-refractivity contribution in [2.24, 2.45) is 40.4 Å². The highest BCUT2D eigenvalue weighted by Gasteiger charge is 2.58. The van der Waals surface area contributed by atoms with Crippen molar-refractivity contribution >= 4 is 5.78 Å². The number of carbonyl (C=O) groups is 1. The monoisotopic (exact) mass is 328 g/mol. The Labute approximate surface area is 146 Å². The van der Waals surface area contributed by atoms with E-state index in [0.717, 1.165) is 18.3 Å². The van der Waals surface area contributed by atoms with Crippen molar-refractivity contribution < 1.29 is 9.90 Å². The summed E-state index contributed by atoms with van der Waals surface area (Å²) in [7, 11) is 0. The Kier molecular flexibility index (Phi) is 3.84. The molecule has 0 aromatic carbocycles. The standard InChI is InChI=1S/C22H32O2/c1-14(13-23)18-6-7-19-17-5-4-15-12-16(24)8-10-21(15,2)20(17)9-11-22(18,19)3/h8,10,12,14,17-20,23H,4-7,9,11,13H2,1-3H3/t14?,17-,18+,19-,20+,21-,22+/m0/s1. The smallest absolute Gasteiger partial charge is 0.178 e. The van der Waals surface area contributed by atoms with Crippen LogP contribution in [0, 0.1) is 40.4 Å². The number of aliphatic hydroxyl groups excluding tert-OH is 1. The zero-order chi connectivity index (χ0) is 17.1. The summed E-state index contributed by atoms with van der Waals surface area (Å²) in [5.74, 6) is 3.58. The lowest BCUT2D eigenvalue weighted by Gasteiger charge is -2.57. The zero-order valence-corrected chi connectivity index (χ0v) is 15.4. The summed E-state index contributed by atoms with van der Waals surface area (Å²) in [6.07, 6.45) is 13.5. The van der Waals surface area contributed by atoms with Gasteiger partial charge in [-0.3, -0.25) is 4.79 Å². The van der Waals surface area contributed by atoms with E-state index in [2.05, 4.69) is 26.8 Å². The van der Waals surface area contributed by atoms with E-state index in [1.807, 2.05) is 12.2 Å². The van der Waals surface area contributed by atoms with Gasteiger partial charge in [0.25, 0.3) is 0 Å². The molecule has 0 amide bonds. The van der Waals surface area contributed by atoms with E-state index < -0.39 is 0 Å². The summed E-state index contributed by atoms with van der Waals surface area (Å²) >= 11 is 0. The van der Waals surface area contributed by atoms with Gasteiger partial charge in [-0.15, -0.1) is 0 Å². The lowest BCUT2D eigenvalue weighted by atomic mass is 9.47. The molecule has 0 bridgehead atoms. The molecule has 0 radical (unpaired) electrons. The second kappa shape index (κ2) is 5.56. The molecule has 3 saturated carbocycles. The van der Waals surface area contributed by atoms with E-state index in [1.54, 1.807) is 0 Å². The maximum absolute atomic E-state index is 11.8. The quantitative estimate of drug-likeness (QED) is 0.808. The highest BCUT2D eigenvalue weighted by molar-refractivity contribution is 6.01. The molecule has 0 heterocycles. The fraction of sp³-hybridized carbons (Fsp3) is 0.773. The Balaban J connectivity index is 1.65. The van der Waals surface area contributed by atoms with Gasteiger partial charge in [0.1, 0.15) is 0 Å². The van der Waals surface area contributed by atoms with Crippen LogP contribution in [0.4, 0.5) is 0 Å². The highest BCUT2D eigenvalue weighted by atomic mass is 16.3. The van der Waals surface area contributed by atoms with Crippen LogP contribution in [0.25, 0.3) is 0 Å². The number of hydrogen-bond donors (Lipinski definition) is 1. The molecule has 24 heavy (non-hydrogen) atoms. The minimum Gasteiger partial charge on any atom is -0.396 e. The average Bonchev–Trinajstić information content (AvgIpc) is 2.92. The van der Waals surface area contributed by atoms with E-state index in [1.165, 1.54) is 37.7 Å². The third kappa shape index (κ3) is 2.14. The molecule has 0 aliphatic heterocycles. The van der Waals surface area contributed by atoms with Gasteiger partial charge in [-0.2, -0.15) is 0 Å². The van der Waals surface area contributed by atoms with Crippen molar-refractivity contribution in [3.63, 3.8) is 0 Å². The second-order valence-corrected chi connectivity index (χ2v) is 9.49. The maximum Gasteiger partial charge on any atom is 0.178 e. The van der Waals surface area contributed by atoms with Gasteiger partial charge in [-0.05, 0) is 85.7 Å². The SMILES string of the molecule is CC(CO)[C@H]1CC[C@H]2[C@@H]3CCC4=CC(=O)C=C[C@]4(C)[C@@H]3CC[C@]12C. The highest BCUT2D eigenvalue weighted by Crippen LogP contribution is 2.66. The van der Waals surface area contributed by atoms with Crippen LogP contribution in [0.15, 0.2) is 23.8 Å². The third-order valence-electron chi connectivity index (χ3n) is 8.60. The van der Waals surface area contributed by atoms with E-state index >= 15 is 0 Å². The van der Waals surface area contributed by atoms with Gasteiger partial charge in [0.2, 0.25) is 0 Å². The molecule has 4 aliphatic carbocycles. The molecule has 0 aromatic heterocycles. The van der Waals surface area contributed by atoms with Gasteiger partial charge in [0.05, 0.1) is 0 Å². The molecule has 3 fully saturated rings. The Morgan fingerprint density at radius 3 is 2.75 bits per heavy atom. The normalized spacial score (nSPS) is 48.3. The van der Waals surface area contributed by atoms with Crippen molar-refractivity contribution in [3.05, 3.63) is 23.8 Å². The molecular weight excluding hydrogens is 296 g/mol. The molecule has 4 aliphatic rings. The van der Waals surface area contributed by atoms with Crippen molar-refractivity contribution in [3.8, 4) is 0 Å². The number of rotatable bonds is 2. The summed E-state index contributed by atoms with van der Waals surface area (Å²) in [5, 5.41) is 9.70. The first-order valence-corrected chi connectivity index (χ1v) is 9.95. The fourth-order valence-corrected chi connectivity index (χ4v) is 7.30. The van der Waals surface area contributed by atoms with Crippen LogP contribution in [0.3, 0.4) is 0 Å². The Morgan fingerprint density at radius 1 is 1.21 bits per heavy atom. The van der Waals surface area contributed by atoms with Crippen molar-refractivity contribution in [1.29, 1.82) is 0 Å². The molecule has 4 rings (SSSR count). The first-order chi connectivity index (χ1) is 11.4. The average molecular weight is 328 g/mol. The van der Waals surface area contributed by atoms with Crippen LogP contribution < -0.4 is 0 Å². The summed E-state index contributed by atoms with van der Waals surface area (Å²) in [5.41, 5.74) is 1.91. The van der Waals surface area contributed by atoms with E-state index in [0.29, 0.717) is 29.8 Å². The van der Waals surface area contributed by atoms with Crippen LogP contribution in [-0.4, -0.2) is 17.5 Å². The lowest BCUT2D eigenvalue weighted by molar-refractivity contribution is -0.111. The molecule has 1 unspecified atom stereocenters. The molecule has 7 atom stereocenters. The second-order valence-electron chi connectivity index (χ2n) is 9.49. The molecule has 0 saturated heterocycles. The zero-order valence-electron chi connectivity index (χ0n) is 15.4. The third-order valence-corrected chi connectivity index (χ3v) is 8.60. The number of ketones is 1.